The van der Waals surface area contributed by atoms with E-state index >= 15 is 0 Å². The summed E-state index contributed by atoms with van der Waals surface area (Å²) in [5.74, 6) is -2.50. The SMILES string of the molecule is Cl.FC1(F)CCNC12CCNC2. The van der Waals surface area contributed by atoms with E-state index in [1.807, 2.05) is 0 Å². The van der Waals surface area contributed by atoms with Gasteiger partial charge in [-0.25, -0.2) is 8.78 Å². The highest BCUT2D eigenvalue weighted by Gasteiger charge is 2.57. The van der Waals surface area contributed by atoms with Crippen LogP contribution in [-0.4, -0.2) is 31.1 Å². The van der Waals surface area contributed by atoms with E-state index in [0.29, 0.717) is 26.1 Å². The van der Waals surface area contributed by atoms with Gasteiger partial charge in [0.05, 0.1) is 5.54 Å². The largest absolute Gasteiger partial charge is 0.315 e. The van der Waals surface area contributed by atoms with Crippen molar-refractivity contribution in [2.45, 2.75) is 24.3 Å². The smallest absolute Gasteiger partial charge is 0.268 e. The Morgan fingerprint density at radius 1 is 1.08 bits per heavy atom. The van der Waals surface area contributed by atoms with Crippen molar-refractivity contribution in [3.8, 4) is 0 Å². The van der Waals surface area contributed by atoms with Gasteiger partial charge in [0.25, 0.3) is 5.92 Å². The molecule has 2 fully saturated rings. The van der Waals surface area contributed by atoms with Gasteiger partial charge in [0.2, 0.25) is 0 Å². The molecule has 1 atom stereocenters. The zero-order valence-electron chi connectivity index (χ0n) is 6.70. The normalized spacial score (nSPS) is 38.5. The Hall–Kier alpha value is 0.0700. The van der Waals surface area contributed by atoms with Crippen molar-refractivity contribution >= 4 is 12.4 Å². The van der Waals surface area contributed by atoms with Crippen LogP contribution < -0.4 is 10.6 Å². The topological polar surface area (TPSA) is 24.1 Å². The van der Waals surface area contributed by atoms with E-state index in [0.717, 1.165) is 0 Å². The molecule has 0 aliphatic carbocycles. The second-order valence-electron chi connectivity index (χ2n) is 3.39. The van der Waals surface area contributed by atoms with Gasteiger partial charge >= 0.3 is 0 Å². The summed E-state index contributed by atoms with van der Waals surface area (Å²) in [6.45, 7) is 1.58. The van der Waals surface area contributed by atoms with Crippen LogP contribution in [0.15, 0.2) is 0 Å². The maximum absolute atomic E-state index is 13.2. The van der Waals surface area contributed by atoms with Gasteiger partial charge < -0.3 is 10.6 Å². The quantitative estimate of drug-likeness (QED) is 0.601. The van der Waals surface area contributed by atoms with Gasteiger partial charge in [0, 0.05) is 19.5 Å². The molecule has 72 valence electrons. The van der Waals surface area contributed by atoms with Crippen molar-refractivity contribution in [3.63, 3.8) is 0 Å². The minimum Gasteiger partial charge on any atom is -0.315 e. The molecule has 1 unspecified atom stereocenters. The molecule has 2 N–H and O–H groups in total. The molecule has 2 saturated heterocycles. The summed E-state index contributed by atoms with van der Waals surface area (Å²) in [5.41, 5.74) is -0.910. The Bertz CT molecular complexity index is 163. The summed E-state index contributed by atoms with van der Waals surface area (Å²) in [6, 6.07) is 0. The van der Waals surface area contributed by atoms with E-state index in [9.17, 15) is 8.78 Å². The van der Waals surface area contributed by atoms with Crippen LogP contribution in [-0.2, 0) is 0 Å². The molecule has 0 aromatic rings. The van der Waals surface area contributed by atoms with Gasteiger partial charge in [-0.05, 0) is 13.0 Å². The molecule has 0 saturated carbocycles. The van der Waals surface area contributed by atoms with Crippen molar-refractivity contribution in [1.82, 2.24) is 10.6 Å². The fraction of sp³-hybridized carbons (Fsp3) is 1.00. The standard InChI is InChI=1S/C7H12F2N2.ClH/c8-7(9)2-4-11-6(7)1-3-10-5-6;/h10-11H,1-5H2;1H. The van der Waals surface area contributed by atoms with Crippen molar-refractivity contribution in [2.24, 2.45) is 0 Å². The highest BCUT2D eigenvalue weighted by atomic mass is 35.5. The number of alkyl halides is 2. The lowest BCUT2D eigenvalue weighted by Gasteiger charge is -2.29. The minimum absolute atomic E-state index is 0. The molecule has 0 bridgehead atoms. The molecule has 1 spiro atoms. The molecule has 12 heavy (non-hydrogen) atoms. The van der Waals surface area contributed by atoms with Gasteiger partial charge in [0.1, 0.15) is 0 Å². The van der Waals surface area contributed by atoms with Crippen molar-refractivity contribution in [1.29, 1.82) is 0 Å². The lowest BCUT2D eigenvalue weighted by molar-refractivity contribution is -0.0523. The first-order valence-corrected chi connectivity index (χ1v) is 4.00. The third-order valence-electron chi connectivity index (χ3n) is 2.76. The third-order valence-corrected chi connectivity index (χ3v) is 2.76. The van der Waals surface area contributed by atoms with Gasteiger partial charge in [-0.15, -0.1) is 12.4 Å². The Kier molecular flexibility index (Phi) is 2.61. The van der Waals surface area contributed by atoms with Gasteiger partial charge in [-0.3, -0.25) is 0 Å². The molecule has 0 amide bonds. The second-order valence-corrected chi connectivity index (χ2v) is 3.39. The average molecular weight is 199 g/mol. The van der Waals surface area contributed by atoms with E-state index in [4.69, 9.17) is 0 Å². The van der Waals surface area contributed by atoms with Crippen LogP contribution in [0, 0.1) is 0 Å². The lowest BCUT2D eigenvalue weighted by atomic mass is 9.93. The average Bonchev–Trinajstić information content (AvgIpc) is 2.45. The van der Waals surface area contributed by atoms with Crippen LogP contribution in [0.5, 0.6) is 0 Å². The maximum atomic E-state index is 13.2. The fourth-order valence-electron chi connectivity index (χ4n) is 1.98. The second kappa shape index (κ2) is 3.09. The molecule has 2 aliphatic rings. The van der Waals surface area contributed by atoms with E-state index in [1.165, 1.54) is 0 Å². The third kappa shape index (κ3) is 1.22. The van der Waals surface area contributed by atoms with Crippen molar-refractivity contribution in [3.05, 3.63) is 0 Å². The predicted octanol–water partition coefficient (Wildman–Crippen LogP) is 0.769. The lowest BCUT2D eigenvalue weighted by Crippen LogP contribution is -2.53. The minimum atomic E-state index is -2.50. The molecule has 0 aromatic carbocycles. The molecule has 2 heterocycles. The summed E-state index contributed by atoms with van der Waals surface area (Å²) in [4.78, 5) is 0. The van der Waals surface area contributed by atoms with E-state index < -0.39 is 11.5 Å². The van der Waals surface area contributed by atoms with Crippen molar-refractivity contribution in [2.75, 3.05) is 19.6 Å². The Labute approximate surface area is 76.5 Å². The van der Waals surface area contributed by atoms with E-state index in [1.54, 1.807) is 0 Å². The first kappa shape index (κ1) is 10.2. The molecule has 2 nitrogen and oxygen atoms in total. The molecule has 0 aromatic heterocycles. The van der Waals surface area contributed by atoms with Crippen LogP contribution >= 0.6 is 12.4 Å². The summed E-state index contributed by atoms with van der Waals surface area (Å²) >= 11 is 0. The van der Waals surface area contributed by atoms with Crippen LogP contribution in [0.4, 0.5) is 8.78 Å². The highest BCUT2D eigenvalue weighted by molar-refractivity contribution is 5.85. The number of hydrogen-bond acceptors (Lipinski definition) is 2. The van der Waals surface area contributed by atoms with Gasteiger partial charge in [0.15, 0.2) is 0 Å². The number of halogens is 3. The number of hydrogen-bond donors (Lipinski definition) is 2. The first-order chi connectivity index (χ1) is 5.16. The maximum Gasteiger partial charge on any atom is 0.268 e. The summed E-state index contributed by atoms with van der Waals surface area (Å²) in [7, 11) is 0. The van der Waals surface area contributed by atoms with Crippen LogP contribution in [0.25, 0.3) is 0 Å². The molecule has 2 rings (SSSR count). The Morgan fingerprint density at radius 3 is 2.25 bits per heavy atom. The Morgan fingerprint density at radius 2 is 1.83 bits per heavy atom. The summed E-state index contributed by atoms with van der Waals surface area (Å²) in [6.07, 6.45) is 0.550. The van der Waals surface area contributed by atoms with Crippen molar-refractivity contribution < 1.29 is 8.78 Å². The zero-order valence-corrected chi connectivity index (χ0v) is 7.52. The number of rotatable bonds is 0. The number of nitrogens with one attached hydrogen (secondary N) is 2. The van der Waals surface area contributed by atoms with Gasteiger partial charge in [-0.1, -0.05) is 0 Å². The van der Waals surface area contributed by atoms with E-state index in [-0.39, 0.29) is 18.8 Å². The zero-order chi connectivity index (χ0) is 7.95. The summed E-state index contributed by atoms with van der Waals surface area (Å²) in [5, 5.41) is 5.88. The molecular weight excluding hydrogens is 186 g/mol. The van der Waals surface area contributed by atoms with Crippen LogP contribution in [0.1, 0.15) is 12.8 Å². The monoisotopic (exact) mass is 198 g/mol. The molecule has 2 aliphatic heterocycles. The molecular formula is C7H13ClF2N2. The van der Waals surface area contributed by atoms with Crippen LogP contribution in [0.2, 0.25) is 0 Å². The van der Waals surface area contributed by atoms with E-state index in [2.05, 4.69) is 10.6 Å². The molecule has 5 heteroatoms. The Balaban J connectivity index is 0.000000720. The fourth-order valence-corrected chi connectivity index (χ4v) is 1.98. The molecule has 0 radical (unpaired) electrons. The van der Waals surface area contributed by atoms with Crippen LogP contribution in [0.3, 0.4) is 0 Å². The first-order valence-electron chi connectivity index (χ1n) is 4.00. The highest BCUT2D eigenvalue weighted by Crippen LogP contribution is 2.40. The summed E-state index contributed by atoms with van der Waals surface area (Å²) < 4.78 is 26.4. The predicted molar refractivity (Wildman–Crippen MR) is 45.0 cm³/mol. The van der Waals surface area contributed by atoms with Gasteiger partial charge in [-0.2, -0.15) is 0 Å².